The van der Waals surface area contributed by atoms with Crippen LogP contribution in [0.5, 0.6) is 0 Å². The first-order valence-electron chi connectivity index (χ1n) is 5.87. The van der Waals surface area contributed by atoms with Gasteiger partial charge in [-0.15, -0.1) is 0 Å². The molecule has 0 aliphatic carbocycles. The number of carbonyl (C=O) groups is 1. The Morgan fingerprint density at radius 2 is 1.56 bits per heavy atom. The van der Waals surface area contributed by atoms with Gasteiger partial charge in [-0.3, -0.25) is 4.79 Å². The number of hydrogen-bond donors (Lipinski definition) is 2. The van der Waals surface area contributed by atoms with Gasteiger partial charge in [0.1, 0.15) is 0 Å². The standard InChI is InChI=1S/C15H15NO2/c17-15(18)10-11-16-14-8-6-13(7-9-14)12-4-2-1-3-5-12/h1-9,16H,10-11H2,(H,17,18). The molecule has 0 saturated heterocycles. The van der Waals surface area contributed by atoms with Crippen molar-refractivity contribution in [2.75, 3.05) is 11.9 Å². The van der Waals surface area contributed by atoms with Gasteiger partial charge in [-0.2, -0.15) is 0 Å². The van der Waals surface area contributed by atoms with Crippen molar-refractivity contribution >= 4 is 11.7 Å². The molecule has 3 nitrogen and oxygen atoms in total. The molecule has 2 aromatic rings. The maximum Gasteiger partial charge on any atom is 0.305 e. The first-order valence-corrected chi connectivity index (χ1v) is 5.87. The van der Waals surface area contributed by atoms with Crippen LogP contribution in [0.1, 0.15) is 6.42 Å². The van der Waals surface area contributed by atoms with Gasteiger partial charge in [-0.25, -0.2) is 0 Å². The fourth-order valence-corrected chi connectivity index (χ4v) is 1.72. The summed E-state index contributed by atoms with van der Waals surface area (Å²) in [6, 6.07) is 18.1. The van der Waals surface area contributed by atoms with Crippen LogP contribution in [0.3, 0.4) is 0 Å². The molecule has 0 aromatic heterocycles. The molecule has 0 heterocycles. The van der Waals surface area contributed by atoms with E-state index >= 15 is 0 Å². The van der Waals surface area contributed by atoms with Crippen molar-refractivity contribution in [3.05, 3.63) is 54.6 Å². The first-order chi connectivity index (χ1) is 8.75. The quantitative estimate of drug-likeness (QED) is 0.844. The predicted molar refractivity (Wildman–Crippen MR) is 72.6 cm³/mol. The van der Waals surface area contributed by atoms with E-state index in [-0.39, 0.29) is 6.42 Å². The highest BCUT2D eigenvalue weighted by molar-refractivity contribution is 5.68. The largest absolute Gasteiger partial charge is 0.481 e. The van der Waals surface area contributed by atoms with E-state index in [4.69, 9.17) is 5.11 Å². The normalized spacial score (nSPS) is 10.0. The van der Waals surface area contributed by atoms with Crippen molar-refractivity contribution in [3.8, 4) is 11.1 Å². The van der Waals surface area contributed by atoms with E-state index in [0.717, 1.165) is 11.3 Å². The number of benzene rings is 2. The highest BCUT2D eigenvalue weighted by Gasteiger charge is 1.98. The zero-order valence-electron chi connectivity index (χ0n) is 9.97. The fraction of sp³-hybridized carbons (Fsp3) is 0.133. The molecule has 0 fully saturated rings. The van der Waals surface area contributed by atoms with E-state index in [2.05, 4.69) is 17.4 Å². The van der Waals surface area contributed by atoms with Crippen molar-refractivity contribution in [2.24, 2.45) is 0 Å². The van der Waals surface area contributed by atoms with Gasteiger partial charge in [0.25, 0.3) is 0 Å². The van der Waals surface area contributed by atoms with Crippen molar-refractivity contribution in [3.63, 3.8) is 0 Å². The van der Waals surface area contributed by atoms with Gasteiger partial charge in [-0.05, 0) is 23.3 Å². The van der Waals surface area contributed by atoms with Gasteiger partial charge in [0.05, 0.1) is 6.42 Å². The summed E-state index contributed by atoms with van der Waals surface area (Å²) in [7, 11) is 0. The van der Waals surface area contributed by atoms with Crippen molar-refractivity contribution in [1.29, 1.82) is 0 Å². The lowest BCUT2D eigenvalue weighted by Crippen LogP contribution is -2.07. The van der Waals surface area contributed by atoms with Gasteiger partial charge < -0.3 is 10.4 Å². The number of anilines is 1. The Hall–Kier alpha value is -2.29. The summed E-state index contributed by atoms with van der Waals surface area (Å²) in [6.07, 6.45) is 0.125. The average Bonchev–Trinajstić information content (AvgIpc) is 2.40. The van der Waals surface area contributed by atoms with Crippen LogP contribution < -0.4 is 5.32 Å². The SMILES string of the molecule is O=C(O)CCNc1ccc(-c2ccccc2)cc1. The minimum absolute atomic E-state index is 0.125. The van der Waals surface area contributed by atoms with Gasteiger partial charge in [0, 0.05) is 12.2 Å². The van der Waals surface area contributed by atoms with Crippen LogP contribution >= 0.6 is 0 Å². The summed E-state index contributed by atoms with van der Waals surface area (Å²) in [5.74, 6) is -0.789. The lowest BCUT2D eigenvalue weighted by molar-refractivity contribution is -0.136. The molecule has 2 aromatic carbocycles. The molecule has 0 atom stereocenters. The van der Waals surface area contributed by atoms with E-state index in [9.17, 15) is 4.79 Å². The molecule has 0 amide bonds. The second-order valence-corrected chi connectivity index (χ2v) is 4.01. The Kier molecular flexibility index (Phi) is 3.97. The zero-order chi connectivity index (χ0) is 12.8. The van der Waals surface area contributed by atoms with Crippen LogP contribution in [0.15, 0.2) is 54.6 Å². The van der Waals surface area contributed by atoms with E-state index in [0.29, 0.717) is 6.54 Å². The minimum atomic E-state index is -0.789. The van der Waals surface area contributed by atoms with Gasteiger partial charge in [0.2, 0.25) is 0 Å². The molecular formula is C15H15NO2. The number of carboxylic acids is 1. The second-order valence-electron chi connectivity index (χ2n) is 4.01. The van der Waals surface area contributed by atoms with Crippen molar-refractivity contribution < 1.29 is 9.90 Å². The highest BCUT2D eigenvalue weighted by atomic mass is 16.4. The third-order valence-corrected chi connectivity index (χ3v) is 2.66. The Morgan fingerprint density at radius 3 is 2.17 bits per heavy atom. The van der Waals surface area contributed by atoms with Crippen molar-refractivity contribution in [2.45, 2.75) is 6.42 Å². The Morgan fingerprint density at radius 1 is 0.944 bits per heavy atom. The van der Waals surface area contributed by atoms with E-state index in [1.807, 2.05) is 42.5 Å². The van der Waals surface area contributed by atoms with Gasteiger partial charge >= 0.3 is 5.97 Å². The van der Waals surface area contributed by atoms with Crippen LogP contribution in [0, 0.1) is 0 Å². The highest BCUT2D eigenvalue weighted by Crippen LogP contribution is 2.20. The lowest BCUT2D eigenvalue weighted by atomic mass is 10.1. The summed E-state index contributed by atoms with van der Waals surface area (Å²) >= 11 is 0. The molecule has 0 bridgehead atoms. The first kappa shape index (κ1) is 12.2. The summed E-state index contributed by atoms with van der Waals surface area (Å²) in [5.41, 5.74) is 3.27. The van der Waals surface area contributed by atoms with E-state index in [1.165, 1.54) is 5.56 Å². The van der Waals surface area contributed by atoms with Crippen LogP contribution in [0.25, 0.3) is 11.1 Å². The minimum Gasteiger partial charge on any atom is -0.481 e. The maximum absolute atomic E-state index is 10.4. The zero-order valence-corrected chi connectivity index (χ0v) is 9.97. The Labute approximate surface area is 106 Å². The third-order valence-electron chi connectivity index (χ3n) is 2.66. The predicted octanol–water partition coefficient (Wildman–Crippen LogP) is 3.24. The molecule has 2 N–H and O–H groups in total. The second kappa shape index (κ2) is 5.87. The summed E-state index contributed by atoms with van der Waals surface area (Å²) < 4.78 is 0. The molecule has 92 valence electrons. The van der Waals surface area contributed by atoms with E-state index < -0.39 is 5.97 Å². The molecule has 0 radical (unpaired) electrons. The van der Waals surface area contributed by atoms with Gasteiger partial charge in [0.15, 0.2) is 0 Å². The van der Waals surface area contributed by atoms with Crippen LogP contribution in [-0.4, -0.2) is 17.6 Å². The summed E-state index contributed by atoms with van der Waals surface area (Å²) in [5, 5.41) is 11.6. The third kappa shape index (κ3) is 3.35. The molecule has 0 unspecified atom stereocenters. The number of aliphatic carboxylic acids is 1. The number of nitrogens with one attached hydrogen (secondary N) is 1. The van der Waals surface area contributed by atoms with Crippen LogP contribution in [0.2, 0.25) is 0 Å². The molecule has 0 saturated carbocycles. The monoisotopic (exact) mass is 241 g/mol. The Balaban J connectivity index is 2.00. The molecule has 0 spiro atoms. The average molecular weight is 241 g/mol. The summed E-state index contributed by atoms with van der Waals surface area (Å²) in [4.78, 5) is 10.4. The van der Waals surface area contributed by atoms with Crippen molar-refractivity contribution in [1.82, 2.24) is 0 Å². The lowest BCUT2D eigenvalue weighted by Gasteiger charge is -2.06. The fourth-order valence-electron chi connectivity index (χ4n) is 1.72. The van der Waals surface area contributed by atoms with E-state index in [1.54, 1.807) is 0 Å². The van der Waals surface area contributed by atoms with Crippen LogP contribution in [0.4, 0.5) is 5.69 Å². The smallest absolute Gasteiger partial charge is 0.305 e. The molecule has 18 heavy (non-hydrogen) atoms. The number of hydrogen-bond acceptors (Lipinski definition) is 2. The van der Waals surface area contributed by atoms with Crippen LogP contribution in [-0.2, 0) is 4.79 Å². The molecular weight excluding hydrogens is 226 g/mol. The summed E-state index contributed by atoms with van der Waals surface area (Å²) in [6.45, 7) is 0.444. The molecule has 0 aliphatic rings. The Bertz CT molecular complexity index is 506. The maximum atomic E-state index is 10.4. The number of carboxylic acid groups (broad SMARTS) is 1. The molecule has 3 heteroatoms. The number of rotatable bonds is 5. The molecule has 0 aliphatic heterocycles. The topological polar surface area (TPSA) is 49.3 Å². The van der Waals surface area contributed by atoms with Gasteiger partial charge in [-0.1, -0.05) is 42.5 Å². The molecule has 2 rings (SSSR count).